The van der Waals surface area contributed by atoms with Crippen LogP contribution in [0.3, 0.4) is 0 Å². The maximum Gasteiger partial charge on any atom is 0.300 e. The van der Waals surface area contributed by atoms with Crippen LogP contribution >= 0.6 is 0 Å². The molecule has 3 aromatic rings. The molecule has 9 heteroatoms. The summed E-state index contributed by atoms with van der Waals surface area (Å²) in [6, 6.07) is 14.3. The Morgan fingerprint density at radius 2 is 1.90 bits per heavy atom. The fraction of sp³-hybridized carbons (Fsp3) is 0.200. The van der Waals surface area contributed by atoms with E-state index in [0.29, 0.717) is 40.5 Å². The Balaban J connectivity index is 1.71. The first-order chi connectivity index (χ1) is 13.8. The van der Waals surface area contributed by atoms with Gasteiger partial charge < -0.3 is 10.5 Å². The van der Waals surface area contributed by atoms with Crippen LogP contribution in [0.5, 0.6) is 0 Å². The standard InChI is InChI=1S/C20H20N4O4S/c1-14-19(20(25)21-16-6-4-3-5-7-16)23(26)13-22(14)17-9-8-15-10-11-24(18(15)12-17)29(2,27)28/h3-9,12-13H,10-11H2,1-2H3,(H,21,25). The van der Waals surface area contributed by atoms with Crippen LogP contribution < -0.4 is 14.4 Å². The van der Waals surface area contributed by atoms with Gasteiger partial charge in [-0.2, -0.15) is 4.57 Å². The molecule has 0 radical (unpaired) electrons. The predicted octanol–water partition coefficient (Wildman–Crippen LogP) is 1.99. The fourth-order valence-electron chi connectivity index (χ4n) is 3.59. The number of benzene rings is 2. The topological polar surface area (TPSA) is 98.3 Å². The van der Waals surface area contributed by atoms with Crippen LogP contribution in [0.2, 0.25) is 0 Å². The quantitative estimate of drug-likeness (QED) is 0.523. The highest BCUT2D eigenvalue weighted by atomic mass is 32.2. The summed E-state index contributed by atoms with van der Waals surface area (Å²) in [5.41, 5.74) is 3.17. The minimum absolute atomic E-state index is 0.0191. The molecule has 0 spiro atoms. The summed E-state index contributed by atoms with van der Waals surface area (Å²) in [5.74, 6) is -0.513. The number of hydrogen-bond donors (Lipinski definition) is 1. The molecule has 29 heavy (non-hydrogen) atoms. The first-order valence-electron chi connectivity index (χ1n) is 9.04. The summed E-state index contributed by atoms with van der Waals surface area (Å²) in [6.45, 7) is 2.07. The van der Waals surface area contributed by atoms with Crippen molar-refractivity contribution in [2.75, 3.05) is 22.4 Å². The lowest BCUT2D eigenvalue weighted by molar-refractivity contribution is -0.606. The van der Waals surface area contributed by atoms with Gasteiger partial charge in [0.15, 0.2) is 5.69 Å². The Morgan fingerprint density at radius 3 is 2.59 bits per heavy atom. The van der Waals surface area contributed by atoms with E-state index in [1.165, 1.54) is 16.9 Å². The summed E-state index contributed by atoms with van der Waals surface area (Å²) in [4.78, 5) is 12.6. The summed E-state index contributed by atoms with van der Waals surface area (Å²) in [5, 5.41) is 15.2. The third kappa shape index (κ3) is 3.44. The van der Waals surface area contributed by atoms with E-state index < -0.39 is 15.9 Å². The molecule has 2 heterocycles. The molecule has 1 N–H and O–H groups in total. The molecule has 0 aliphatic carbocycles. The van der Waals surface area contributed by atoms with Crippen molar-refractivity contribution in [1.82, 2.24) is 4.57 Å². The minimum atomic E-state index is -3.38. The number of amides is 1. The van der Waals surface area contributed by atoms with E-state index in [9.17, 15) is 18.4 Å². The van der Waals surface area contributed by atoms with Gasteiger partial charge in [-0.3, -0.25) is 9.10 Å². The molecule has 0 bridgehead atoms. The maximum absolute atomic E-state index is 12.6. The van der Waals surface area contributed by atoms with Crippen LogP contribution in [-0.2, 0) is 16.4 Å². The Kier molecular flexibility index (Phi) is 4.54. The van der Waals surface area contributed by atoms with E-state index >= 15 is 0 Å². The lowest BCUT2D eigenvalue weighted by Gasteiger charge is -2.16. The second-order valence-corrected chi connectivity index (χ2v) is 8.87. The highest BCUT2D eigenvalue weighted by Crippen LogP contribution is 2.32. The molecule has 0 unspecified atom stereocenters. The fourth-order valence-corrected chi connectivity index (χ4v) is 4.54. The van der Waals surface area contributed by atoms with Crippen LogP contribution in [0.1, 0.15) is 21.7 Å². The third-order valence-electron chi connectivity index (χ3n) is 4.99. The zero-order valence-corrected chi connectivity index (χ0v) is 16.8. The van der Waals surface area contributed by atoms with E-state index in [0.717, 1.165) is 5.56 Å². The van der Waals surface area contributed by atoms with Gasteiger partial charge >= 0.3 is 0 Å². The van der Waals surface area contributed by atoms with Gasteiger partial charge in [-0.15, -0.1) is 0 Å². The van der Waals surface area contributed by atoms with E-state index in [2.05, 4.69) is 5.32 Å². The van der Waals surface area contributed by atoms with Gasteiger partial charge in [0, 0.05) is 25.2 Å². The molecule has 1 aromatic heterocycles. The van der Waals surface area contributed by atoms with Crippen molar-refractivity contribution in [3.8, 4) is 5.69 Å². The van der Waals surface area contributed by atoms with Gasteiger partial charge in [0.05, 0.1) is 11.9 Å². The third-order valence-corrected chi connectivity index (χ3v) is 6.17. The number of para-hydroxylation sites is 1. The van der Waals surface area contributed by atoms with Crippen molar-refractivity contribution in [3.05, 3.63) is 77.0 Å². The van der Waals surface area contributed by atoms with E-state index in [1.807, 2.05) is 18.2 Å². The highest BCUT2D eigenvalue weighted by molar-refractivity contribution is 7.92. The summed E-state index contributed by atoms with van der Waals surface area (Å²) >= 11 is 0. The zero-order valence-electron chi connectivity index (χ0n) is 16.0. The number of sulfonamides is 1. The van der Waals surface area contributed by atoms with Crippen LogP contribution in [0.15, 0.2) is 54.9 Å². The molecule has 1 amide bonds. The number of hydrogen-bond acceptors (Lipinski definition) is 4. The summed E-state index contributed by atoms with van der Waals surface area (Å²) in [7, 11) is -3.38. The van der Waals surface area contributed by atoms with Crippen LogP contribution in [0, 0.1) is 12.1 Å². The van der Waals surface area contributed by atoms with Gasteiger partial charge in [-0.25, -0.2) is 13.1 Å². The Labute approximate surface area is 168 Å². The number of rotatable bonds is 4. The van der Waals surface area contributed by atoms with Gasteiger partial charge in [-0.1, -0.05) is 24.3 Å². The van der Waals surface area contributed by atoms with Crippen molar-refractivity contribution >= 4 is 27.3 Å². The minimum Gasteiger partial charge on any atom is -0.710 e. The molecule has 0 atom stereocenters. The van der Waals surface area contributed by atoms with Gasteiger partial charge in [0.1, 0.15) is 5.69 Å². The van der Waals surface area contributed by atoms with Crippen LogP contribution in [0.4, 0.5) is 11.4 Å². The number of carbonyl (C=O) groups is 1. The average Bonchev–Trinajstić information content (AvgIpc) is 3.22. The largest absolute Gasteiger partial charge is 0.710 e. The number of anilines is 2. The lowest BCUT2D eigenvalue weighted by Crippen LogP contribution is -2.34. The Bertz CT molecular complexity index is 1200. The Hall–Kier alpha value is -3.33. The lowest BCUT2D eigenvalue weighted by atomic mass is 10.1. The van der Waals surface area contributed by atoms with Crippen molar-refractivity contribution in [3.63, 3.8) is 0 Å². The normalized spacial score (nSPS) is 13.4. The molecule has 0 fully saturated rings. The van der Waals surface area contributed by atoms with Crippen molar-refractivity contribution in [1.29, 1.82) is 0 Å². The molecule has 2 aromatic carbocycles. The number of nitrogens with one attached hydrogen (secondary N) is 1. The van der Waals surface area contributed by atoms with Crippen LogP contribution in [-0.4, -0.2) is 31.7 Å². The first kappa shape index (κ1) is 19.0. The highest BCUT2D eigenvalue weighted by Gasteiger charge is 2.29. The van der Waals surface area contributed by atoms with E-state index in [1.54, 1.807) is 41.8 Å². The van der Waals surface area contributed by atoms with Crippen molar-refractivity contribution in [2.45, 2.75) is 13.3 Å². The number of aromatic nitrogens is 2. The molecule has 8 nitrogen and oxygen atoms in total. The molecular weight excluding hydrogens is 392 g/mol. The molecule has 150 valence electrons. The molecule has 0 saturated carbocycles. The van der Waals surface area contributed by atoms with E-state index in [4.69, 9.17) is 0 Å². The second-order valence-electron chi connectivity index (χ2n) is 6.96. The number of carbonyl (C=O) groups excluding carboxylic acids is 1. The predicted molar refractivity (Wildman–Crippen MR) is 110 cm³/mol. The van der Waals surface area contributed by atoms with Crippen LogP contribution in [0.25, 0.3) is 5.69 Å². The van der Waals surface area contributed by atoms with Crippen molar-refractivity contribution < 1.29 is 17.9 Å². The second kappa shape index (κ2) is 6.93. The van der Waals surface area contributed by atoms with Gasteiger partial charge in [0.2, 0.25) is 15.7 Å². The van der Waals surface area contributed by atoms with Crippen molar-refractivity contribution in [2.24, 2.45) is 0 Å². The number of imidazole rings is 1. The maximum atomic E-state index is 12.6. The molecule has 1 aliphatic heterocycles. The van der Waals surface area contributed by atoms with Gasteiger partial charge in [0.25, 0.3) is 12.2 Å². The summed E-state index contributed by atoms with van der Waals surface area (Å²) < 4.78 is 27.6. The summed E-state index contributed by atoms with van der Waals surface area (Å²) in [6.07, 6.45) is 3.09. The number of nitrogens with zero attached hydrogens (tertiary/aromatic N) is 3. The first-order valence-corrected chi connectivity index (χ1v) is 10.9. The zero-order chi connectivity index (χ0) is 20.8. The molecule has 4 rings (SSSR count). The Morgan fingerprint density at radius 1 is 1.17 bits per heavy atom. The average molecular weight is 412 g/mol. The number of fused-ring (bicyclic) bond motifs is 1. The SMILES string of the molecule is Cc1c(C(=O)Nc2ccccc2)[n+]([O-])cn1-c1ccc2c(c1)N(S(C)(=O)=O)CC2. The molecule has 1 aliphatic rings. The smallest absolute Gasteiger partial charge is 0.300 e. The van der Waals surface area contributed by atoms with Gasteiger partial charge in [-0.05, 0) is 30.2 Å². The molecular formula is C20H20N4O4S. The van der Waals surface area contributed by atoms with E-state index in [-0.39, 0.29) is 5.69 Å². The monoisotopic (exact) mass is 412 g/mol. The molecule has 0 saturated heterocycles.